The zero-order valence-corrected chi connectivity index (χ0v) is 25.1. The smallest absolute Gasteiger partial charge is 0.303 e. The van der Waals surface area contributed by atoms with E-state index in [1.165, 1.54) is 0 Å². The van der Waals surface area contributed by atoms with Gasteiger partial charge >= 0.3 is 5.97 Å². The number of fused-ring (bicyclic) bond motifs is 1. The number of amides is 2. The van der Waals surface area contributed by atoms with Crippen LogP contribution in [0.3, 0.4) is 0 Å². The van der Waals surface area contributed by atoms with Gasteiger partial charge in [-0.3, -0.25) is 19.4 Å². The number of carboxylic acid groups (broad SMARTS) is 1. The van der Waals surface area contributed by atoms with E-state index >= 15 is 0 Å². The van der Waals surface area contributed by atoms with E-state index in [0.717, 1.165) is 51.9 Å². The van der Waals surface area contributed by atoms with Crippen LogP contribution in [0.2, 0.25) is 0 Å². The van der Waals surface area contributed by atoms with Crippen LogP contribution in [-0.4, -0.2) is 61.2 Å². The van der Waals surface area contributed by atoms with Crippen molar-refractivity contribution < 1.29 is 19.5 Å². The number of aliphatic carboxylic acids is 1. The van der Waals surface area contributed by atoms with E-state index in [2.05, 4.69) is 26.1 Å². The highest BCUT2D eigenvalue weighted by Gasteiger charge is 2.35. The van der Waals surface area contributed by atoms with Gasteiger partial charge in [-0.1, -0.05) is 40.2 Å². The van der Waals surface area contributed by atoms with Crippen LogP contribution in [0.4, 0.5) is 17.1 Å². The normalized spacial score (nSPS) is 14.6. The van der Waals surface area contributed by atoms with Gasteiger partial charge in [0.05, 0.1) is 11.4 Å². The molecule has 0 aromatic heterocycles. The van der Waals surface area contributed by atoms with Gasteiger partial charge in [0, 0.05) is 35.7 Å². The minimum absolute atomic E-state index is 0.0139. The molecule has 1 atom stereocenters. The van der Waals surface area contributed by atoms with Crippen LogP contribution >= 0.6 is 15.9 Å². The zero-order valence-electron chi connectivity index (χ0n) is 23.6. The molecule has 0 saturated carbocycles. The predicted octanol–water partition coefficient (Wildman–Crippen LogP) is 6.02. The Morgan fingerprint density at radius 3 is 2.44 bits per heavy atom. The van der Waals surface area contributed by atoms with E-state index in [9.17, 15) is 14.4 Å². The van der Waals surface area contributed by atoms with Crippen molar-refractivity contribution in [3.63, 3.8) is 0 Å². The van der Waals surface area contributed by atoms with Gasteiger partial charge in [0.2, 0.25) is 11.8 Å². The van der Waals surface area contributed by atoms with Crippen molar-refractivity contribution in [2.45, 2.75) is 38.0 Å². The number of carbonyl (C=O) groups excluding carboxylic acids is 2. The number of hydrogen-bond donors (Lipinski definition) is 2. The first-order valence-electron chi connectivity index (χ1n) is 13.6. The number of rotatable bonds is 12. The lowest BCUT2D eigenvalue weighted by atomic mass is 9.89. The molecule has 1 aliphatic rings. The van der Waals surface area contributed by atoms with Gasteiger partial charge in [-0.05, 0) is 99.1 Å². The number of unbranched alkanes of at least 4 members (excludes halogenated alkanes) is 1. The van der Waals surface area contributed by atoms with Gasteiger partial charge < -0.3 is 20.2 Å². The largest absolute Gasteiger partial charge is 0.481 e. The van der Waals surface area contributed by atoms with Gasteiger partial charge in [0.1, 0.15) is 5.92 Å². The number of benzene rings is 3. The van der Waals surface area contributed by atoms with Crippen LogP contribution in [0.1, 0.15) is 48.3 Å². The summed E-state index contributed by atoms with van der Waals surface area (Å²) in [6.07, 6.45) is 2.68. The predicted molar refractivity (Wildman–Crippen MR) is 166 cm³/mol. The van der Waals surface area contributed by atoms with E-state index in [1.807, 2.05) is 80.8 Å². The summed E-state index contributed by atoms with van der Waals surface area (Å²) in [4.78, 5) is 45.9. The second-order valence-electron chi connectivity index (χ2n) is 10.5. The third-order valence-corrected chi connectivity index (χ3v) is 7.57. The van der Waals surface area contributed by atoms with Gasteiger partial charge in [-0.15, -0.1) is 0 Å². The summed E-state index contributed by atoms with van der Waals surface area (Å²) in [5.74, 6) is -1.62. The van der Waals surface area contributed by atoms with E-state index in [-0.39, 0.29) is 18.2 Å². The number of halogens is 1. The number of nitrogens with one attached hydrogen (secondary N) is 1. The molecule has 1 heterocycles. The molecule has 8 nitrogen and oxygen atoms in total. The molecule has 0 radical (unpaired) electrons. The number of aliphatic imine (C=N–C) groups is 1. The zero-order chi connectivity index (χ0) is 29.5. The Kier molecular flexibility index (Phi) is 10.1. The van der Waals surface area contributed by atoms with Crippen molar-refractivity contribution in [1.29, 1.82) is 0 Å². The quantitative estimate of drug-likeness (QED) is 0.191. The lowest BCUT2D eigenvalue weighted by Gasteiger charge is -2.18. The molecule has 4 rings (SSSR count). The van der Waals surface area contributed by atoms with Crippen LogP contribution in [-0.2, 0) is 20.8 Å². The van der Waals surface area contributed by atoms with E-state index < -0.39 is 11.9 Å². The standard InChI is InChI=1S/C32H35BrN4O4/c1-36(2)18-5-4-9-28(38)37(3)25-14-12-24(13-15-25)34-31(22-8-6-7-21(19-22)10-17-29(39)40)30-26-16-11-23(33)20-27(26)35-32(30)41/h6-8,11-16,19-20,30H,4-5,9-10,17-18H2,1-3H3,(H,35,41)(H,39,40). The summed E-state index contributed by atoms with van der Waals surface area (Å²) < 4.78 is 0.860. The van der Waals surface area contributed by atoms with Crippen molar-refractivity contribution in [1.82, 2.24) is 4.90 Å². The maximum absolute atomic E-state index is 13.3. The van der Waals surface area contributed by atoms with Crippen molar-refractivity contribution >= 4 is 56.5 Å². The Hall–Kier alpha value is -3.82. The van der Waals surface area contributed by atoms with Crippen LogP contribution in [0.25, 0.3) is 0 Å². The fraction of sp³-hybridized carbons (Fsp3) is 0.312. The van der Waals surface area contributed by atoms with Gasteiger partial charge in [-0.25, -0.2) is 0 Å². The van der Waals surface area contributed by atoms with Gasteiger partial charge in [-0.2, -0.15) is 0 Å². The Labute approximate surface area is 249 Å². The first-order valence-corrected chi connectivity index (χ1v) is 14.4. The molecule has 41 heavy (non-hydrogen) atoms. The highest BCUT2D eigenvalue weighted by atomic mass is 79.9. The highest BCUT2D eigenvalue weighted by Crippen LogP contribution is 2.38. The second kappa shape index (κ2) is 13.7. The Bertz CT molecular complexity index is 1450. The average molecular weight is 620 g/mol. The summed E-state index contributed by atoms with van der Waals surface area (Å²) in [6, 6.07) is 20.6. The van der Waals surface area contributed by atoms with E-state index in [1.54, 1.807) is 11.9 Å². The van der Waals surface area contributed by atoms with Gasteiger partial charge in [0.15, 0.2) is 0 Å². The van der Waals surface area contributed by atoms with Crippen molar-refractivity contribution in [2.24, 2.45) is 4.99 Å². The molecule has 9 heteroatoms. The Balaban J connectivity index is 1.64. The van der Waals surface area contributed by atoms with Crippen LogP contribution in [0.15, 0.2) is 76.2 Å². The molecular formula is C32H35BrN4O4. The molecule has 2 N–H and O–H groups in total. The average Bonchev–Trinajstić information content (AvgIpc) is 3.27. The number of hydrogen-bond acceptors (Lipinski definition) is 5. The number of anilines is 2. The van der Waals surface area contributed by atoms with Gasteiger partial charge in [0.25, 0.3) is 0 Å². The molecule has 0 aliphatic carbocycles. The summed E-state index contributed by atoms with van der Waals surface area (Å²) >= 11 is 3.47. The minimum atomic E-state index is -0.865. The maximum Gasteiger partial charge on any atom is 0.303 e. The number of nitrogens with zero attached hydrogens (tertiary/aromatic N) is 3. The summed E-state index contributed by atoms with van der Waals surface area (Å²) in [5.41, 5.74) is 5.14. The summed E-state index contributed by atoms with van der Waals surface area (Å²) in [5, 5.41) is 12.1. The molecule has 2 amide bonds. The minimum Gasteiger partial charge on any atom is -0.481 e. The molecule has 3 aromatic carbocycles. The lowest BCUT2D eigenvalue weighted by Crippen LogP contribution is -2.26. The lowest BCUT2D eigenvalue weighted by molar-refractivity contribution is -0.137. The van der Waals surface area contributed by atoms with Crippen molar-refractivity contribution in [3.8, 4) is 0 Å². The van der Waals surface area contributed by atoms with Crippen molar-refractivity contribution in [3.05, 3.63) is 87.9 Å². The molecule has 0 bridgehead atoms. The third kappa shape index (κ3) is 7.89. The third-order valence-electron chi connectivity index (χ3n) is 7.08. The number of carbonyl (C=O) groups is 3. The second-order valence-corrected chi connectivity index (χ2v) is 11.4. The fourth-order valence-corrected chi connectivity index (χ4v) is 5.21. The van der Waals surface area contributed by atoms with Crippen LogP contribution in [0, 0.1) is 0 Å². The Morgan fingerprint density at radius 2 is 1.73 bits per heavy atom. The summed E-state index contributed by atoms with van der Waals surface area (Å²) in [7, 11) is 5.82. The van der Waals surface area contributed by atoms with E-state index in [0.29, 0.717) is 24.2 Å². The number of carboxylic acids is 1. The molecular weight excluding hydrogens is 584 g/mol. The first kappa shape index (κ1) is 30.1. The molecule has 1 unspecified atom stereocenters. The number of aryl methyl sites for hydroxylation is 1. The molecule has 214 valence electrons. The van der Waals surface area contributed by atoms with E-state index in [4.69, 9.17) is 10.1 Å². The monoisotopic (exact) mass is 618 g/mol. The maximum atomic E-state index is 13.3. The fourth-order valence-electron chi connectivity index (χ4n) is 4.85. The summed E-state index contributed by atoms with van der Waals surface area (Å²) in [6.45, 7) is 0.954. The topological polar surface area (TPSA) is 102 Å². The Morgan fingerprint density at radius 1 is 0.976 bits per heavy atom. The molecule has 1 aliphatic heterocycles. The van der Waals surface area contributed by atoms with Crippen LogP contribution in [0.5, 0.6) is 0 Å². The molecule has 0 spiro atoms. The molecule has 0 saturated heterocycles. The highest BCUT2D eigenvalue weighted by molar-refractivity contribution is 9.10. The SMILES string of the molecule is CN(C)CCCCC(=O)N(C)c1ccc(N=C(c2cccc(CCC(=O)O)c2)C2C(=O)Nc3cc(Br)ccc32)cc1. The van der Waals surface area contributed by atoms with Crippen molar-refractivity contribution in [2.75, 3.05) is 37.9 Å². The van der Waals surface area contributed by atoms with Crippen LogP contribution < -0.4 is 10.2 Å². The first-order chi connectivity index (χ1) is 19.6. The molecule has 0 fully saturated rings. The molecule has 3 aromatic rings.